The molecule has 6 nitrogen and oxygen atoms in total. The molecule has 0 heterocycles. The zero-order valence-corrected chi connectivity index (χ0v) is 12.3. The van der Waals surface area contributed by atoms with Gasteiger partial charge in [-0.05, 0) is 19.1 Å². The van der Waals surface area contributed by atoms with Crippen molar-refractivity contribution >= 4 is 20.0 Å². The summed E-state index contributed by atoms with van der Waals surface area (Å²) >= 11 is 0. The smallest absolute Gasteiger partial charge is 0.294 e. The number of benzene rings is 1. The number of hydrogen-bond donors (Lipinski definition) is 2. The van der Waals surface area contributed by atoms with Gasteiger partial charge in [0.1, 0.15) is 0 Å². The van der Waals surface area contributed by atoms with E-state index in [0.29, 0.717) is 0 Å². The van der Waals surface area contributed by atoms with Crippen molar-refractivity contribution in [2.75, 3.05) is 12.8 Å². The highest BCUT2D eigenvalue weighted by molar-refractivity contribution is 7.93. The quantitative estimate of drug-likeness (QED) is 0.796. The third-order valence-electron chi connectivity index (χ3n) is 1.80. The lowest BCUT2D eigenvalue weighted by molar-refractivity contribution is 0.483. The highest BCUT2D eigenvalue weighted by atomic mass is 32.2. The summed E-state index contributed by atoms with van der Waals surface area (Å²) < 4.78 is 50.0. The predicted molar refractivity (Wildman–Crippen MR) is 74.0 cm³/mol. The van der Waals surface area contributed by atoms with Crippen LogP contribution in [0.15, 0.2) is 40.6 Å². The lowest BCUT2D eigenvalue weighted by Crippen LogP contribution is -1.96. The molecule has 1 aromatic carbocycles. The maximum Gasteiger partial charge on any atom is 0.294 e. The van der Waals surface area contributed by atoms with Gasteiger partial charge in [-0.25, -0.2) is 8.42 Å². The number of aryl methyl sites for hydroxylation is 1. The van der Waals surface area contributed by atoms with Crippen molar-refractivity contribution in [1.82, 2.24) is 0 Å². The third kappa shape index (κ3) is 9.37. The zero-order chi connectivity index (χ0) is 15.1. The molecule has 0 unspecified atom stereocenters. The van der Waals surface area contributed by atoms with Crippen LogP contribution in [0.4, 0.5) is 0 Å². The van der Waals surface area contributed by atoms with Crippen LogP contribution in [0.25, 0.3) is 0 Å². The second-order valence-corrected chi connectivity index (χ2v) is 7.08. The molecule has 0 aliphatic rings. The van der Waals surface area contributed by atoms with E-state index in [2.05, 4.69) is 0 Å². The second kappa shape index (κ2) is 7.39. The van der Waals surface area contributed by atoms with Crippen LogP contribution in [0.2, 0.25) is 0 Å². The largest absolute Gasteiger partial charge is 0.327 e. The van der Waals surface area contributed by atoms with Crippen LogP contribution < -0.4 is 5.73 Å². The molecule has 0 spiro atoms. The van der Waals surface area contributed by atoms with E-state index in [4.69, 9.17) is 10.3 Å². The van der Waals surface area contributed by atoms with Gasteiger partial charge in [-0.2, -0.15) is 8.42 Å². The molecule has 0 fully saturated rings. The highest BCUT2D eigenvalue weighted by Crippen LogP contribution is 2.08. The molecule has 1 rings (SSSR count). The van der Waals surface area contributed by atoms with Crippen molar-refractivity contribution < 1.29 is 21.4 Å². The van der Waals surface area contributed by atoms with Gasteiger partial charge in [-0.15, -0.1) is 0 Å². The van der Waals surface area contributed by atoms with E-state index in [0.717, 1.165) is 17.2 Å². The van der Waals surface area contributed by atoms with Gasteiger partial charge in [-0.3, -0.25) is 4.55 Å². The predicted octanol–water partition coefficient (Wildman–Crippen LogP) is 0.745. The van der Waals surface area contributed by atoms with Crippen LogP contribution in [0.1, 0.15) is 5.56 Å². The molecular weight excluding hydrogens is 290 g/mol. The number of rotatable bonds is 3. The summed E-state index contributed by atoms with van der Waals surface area (Å²) in [4.78, 5) is -0.0666. The first-order chi connectivity index (χ1) is 8.56. The van der Waals surface area contributed by atoms with Crippen molar-refractivity contribution in [2.45, 2.75) is 11.8 Å². The van der Waals surface area contributed by atoms with Crippen LogP contribution in [-0.2, 0) is 20.0 Å². The van der Waals surface area contributed by atoms with Crippen molar-refractivity contribution in [3.8, 4) is 0 Å². The molecule has 0 aromatic heterocycles. The van der Waals surface area contributed by atoms with Crippen LogP contribution in [0.3, 0.4) is 0 Å². The van der Waals surface area contributed by atoms with E-state index in [-0.39, 0.29) is 11.4 Å². The standard InChI is InChI=1S/C7H8O3S.C4H9NO2S/c1-6-2-4-7(5-3-6)11(8,9)10;1-8(6,7)4-2-3-5/h2-5H,1H3,(H,8,9,10);2,4H,3,5H2,1H3/b;4-2+. The van der Waals surface area contributed by atoms with Crippen molar-refractivity contribution in [3.05, 3.63) is 41.3 Å². The molecule has 0 radical (unpaired) electrons. The van der Waals surface area contributed by atoms with Crippen LogP contribution in [0, 0.1) is 6.92 Å². The maximum absolute atomic E-state index is 10.5. The average Bonchev–Trinajstić information content (AvgIpc) is 2.25. The summed E-state index contributed by atoms with van der Waals surface area (Å²) in [6.07, 6.45) is 2.52. The SMILES string of the molecule is CS(=O)(=O)/C=C/CN.Cc1ccc(S(=O)(=O)O)cc1. The molecule has 1 aromatic rings. The van der Waals surface area contributed by atoms with Gasteiger partial charge in [0, 0.05) is 18.2 Å². The number of nitrogens with two attached hydrogens (primary N) is 1. The number of hydrogen-bond acceptors (Lipinski definition) is 5. The Hall–Kier alpha value is -1.22. The summed E-state index contributed by atoms with van der Waals surface area (Å²) in [6, 6.07) is 5.99. The topological polar surface area (TPSA) is 115 Å². The van der Waals surface area contributed by atoms with Gasteiger partial charge < -0.3 is 5.73 Å². The monoisotopic (exact) mass is 307 g/mol. The third-order valence-corrected chi connectivity index (χ3v) is 3.35. The van der Waals surface area contributed by atoms with Gasteiger partial charge in [-0.1, -0.05) is 23.8 Å². The van der Waals surface area contributed by atoms with E-state index in [9.17, 15) is 16.8 Å². The lowest BCUT2D eigenvalue weighted by Gasteiger charge is -1.95. The first-order valence-corrected chi connectivity index (χ1v) is 8.56. The van der Waals surface area contributed by atoms with Crippen molar-refractivity contribution in [3.63, 3.8) is 0 Å². The van der Waals surface area contributed by atoms with Crippen LogP contribution in [0.5, 0.6) is 0 Å². The fraction of sp³-hybridized carbons (Fsp3) is 0.273. The Morgan fingerprint density at radius 1 is 1.16 bits per heavy atom. The Kier molecular flexibility index (Phi) is 6.91. The van der Waals surface area contributed by atoms with Gasteiger partial charge in [0.05, 0.1) is 4.90 Å². The minimum Gasteiger partial charge on any atom is -0.327 e. The molecule has 19 heavy (non-hydrogen) atoms. The summed E-state index contributed by atoms with van der Waals surface area (Å²) in [6.45, 7) is 2.11. The summed E-state index contributed by atoms with van der Waals surface area (Å²) in [5.74, 6) is 0. The van der Waals surface area contributed by atoms with Gasteiger partial charge in [0.25, 0.3) is 10.1 Å². The van der Waals surface area contributed by atoms with E-state index in [1.54, 1.807) is 12.1 Å². The van der Waals surface area contributed by atoms with Gasteiger partial charge in [0.2, 0.25) is 0 Å². The fourth-order valence-corrected chi connectivity index (χ4v) is 1.88. The average molecular weight is 307 g/mol. The number of sulfone groups is 1. The minimum absolute atomic E-state index is 0.0666. The maximum atomic E-state index is 10.5. The van der Waals surface area contributed by atoms with Crippen LogP contribution >= 0.6 is 0 Å². The molecule has 0 saturated carbocycles. The molecule has 3 N–H and O–H groups in total. The minimum atomic E-state index is -4.02. The molecule has 8 heteroatoms. The van der Waals surface area contributed by atoms with E-state index < -0.39 is 20.0 Å². The Morgan fingerprint density at radius 2 is 1.63 bits per heavy atom. The Bertz CT molecular complexity index is 616. The van der Waals surface area contributed by atoms with Gasteiger partial charge in [0.15, 0.2) is 9.84 Å². The molecule has 0 atom stereocenters. The molecular formula is C11H17NO5S2. The van der Waals surface area contributed by atoms with Crippen molar-refractivity contribution in [2.24, 2.45) is 5.73 Å². The molecule has 0 aliphatic heterocycles. The van der Waals surface area contributed by atoms with Crippen LogP contribution in [-0.4, -0.2) is 34.2 Å². The molecule has 0 aliphatic carbocycles. The molecule has 0 saturated heterocycles. The first kappa shape index (κ1) is 17.8. The Balaban J connectivity index is 0.000000362. The van der Waals surface area contributed by atoms with Crippen molar-refractivity contribution in [1.29, 1.82) is 0 Å². The van der Waals surface area contributed by atoms with E-state index in [1.807, 2.05) is 6.92 Å². The Morgan fingerprint density at radius 3 is 1.89 bits per heavy atom. The highest BCUT2D eigenvalue weighted by Gasteiger charge is 2.06. The van der Waals surface area contributed by atoms with E-state index >= 15 is 0 Å². The zero-order valence-electron chi connectivity index (χ0n) is 10.6. The second-order valence-electron chi connectivity index (χ2n) is 3.73. The lowest BCUT2D eigenvalue weighted by atomic mass is 10.2. The van der Waals surface area contributed by atoms with E-state index in [1.165, 1.54) is 18.2 Å². The first-order valence-electron chi connectivity index (χ1n) is 5.17. The summed E-state index contributed by atoms with van der Waals surface area (Å²) in [7, 11) is -6.97. The summed E-state index contributed by atoms with van der Waals surface area (Å²) in [5, 5.41) is 1.09. The fourth-order valence-electron chi connectivity index (χ4n) is 0.941. The normalized spacial score (nSPS) is 12.0. The Labute approximate surface area is 113 Å². The van der Waals surface area contributed by atoms with Gasteiger partial charge >= 0.3 is 0 Å². The summed E-state index contributed by atoms with van der Waals surface area (Å²) in [5.41, 5.74) is 5.94. The molecule has 0 bridgehead atoms. The molecule has 0 amide bonds. The molecule has 108 valence electrons.